The molecule has 1 heterocycles. The molecule has 0 radical (unpaired) electrons. The van der Waals surface area contributed by atoms with Crippen LogP contribution in [0.25, 0.3) is 0 Å². The standard InChI is InChI=1S/C7H11N3O2/c1-7(2,8)5-3-4(6(11)12)9-10-5/h3H,8H2,1-2H3,(H,9,10)(H,11,12). The second kappa shape index (κ2) is 2.60. The fraction of sp³-hybridized carbons (Fsp3) is 0.429. The number of nitrogens with two attached hydrogens (primary N) is 1. The minimum Gasteiger partial charge on any atom is -0.476 e. The van der Waals surface area contributed by atoms with Crippen LogP contribution < -0.4 is 5.73 Å². The van der Waals surface area contributed by atoms with Gasteiger partial charge < -0.3 is 10.8 Å². The van der Waals surface area contributed by atoms with Gasteiger partial charge in [0.1, 0.15) is 0 Å². The average molecular weight is 169 g/mol. The molecule has 0 unspecified atom stereocenters. The van der Waals surface area contributed by atoms with E-state index in [0.717, 1.165) is 0 Å². The van der Waals surface area contributed by atoms with Gasteiger partial charge in [-0.3, -0.25) is 5.10 Å². The molecule has 66 valence electrons. The van der Waals surface area contributed by atoms with Crippen molar-refractivity contribution in [1.82, 2.24) is 10.2 Å². The van der Waals surface area contributed by atoms with Crippen LogP contribution in [0.5, 0.6) is 0 Å². The molecule has 0 atom stereocenters. The summed E-state index contributed by atoms with van der Waals surface area (Å²) in [5.74, 6) is -1.05. The number of aromatic nitrogens is 2. The van der Waals surface area contributed by atoms with Gasteiger partial charge in [-0.05, 0) is 19.9 Å². The first-order chi connectivity index (χ1) is 5.41. The topological polar surface area (TPSA) is 92.0 Å². The van der Waals surface area contributed by atoms with E-state index in [2.05, 4.69) is 10.2 Å². The second-order valence-electron chi connectivity index (χ2n) is 3.19. The lowest BCUT2D eigenvalue weighted by molar-refractivity contribution is 0.0690. The summed E-state index contributed by atoms with van der Waals surface area (Å²) in [6.07, 6.45) is 0. The number of nitrogens with zero attached hydrogens (tertiary/aromatic N) is 1. The molecule has 0 aliphatic heterocycles. The molecule has 0 fully saturated rings. The van der Waals surface area contributed by atoms with Gasteiger partial charge in [-0.25, -0.2) is 4.79 Å². The van der Waals surface area contributed by atoms with Crippen LogP contribution in [0.4, 0.5) is 0 Å². The molecule has 5 nitrogen and oxygen atoms in total. The first-order valence-corrected chi connectivity index (χ1v) is 3.49. The summed E-state index contributed by atoms with van der Waals surface area (Å²) in [4.78, 5) is 10.4. The van der Waals surface area contributed by atoms with Crippen LogP contribution in [0, 0.1) is 0 Å². The van der Waals surface area contributed by atoms with Crippen molar-refractivity contribution in [1.29, 1.82) is 0 Å². The molecule has 12 heavy (non-hydrogen) atoms. The number of rotatable bonds is 2. The maximum absolute atomic E-state index is 10.4. The maximum atomic E-state index is 10.4. The Morgan fingerprint density at radius 1 is 1.75 bits per heavy atom. The predicted octanol–water partition coefficient (Wildman–Crippen LogP) is 0.302. The first-order valence-electron chi connectivity index (χ1n) is 3.49. The summed E-state index contributed by atoms with van der Waals surface area (Å²) >= 11 is 0. The number of carbonyl (C=O) groups is 1. The monoisotopic (exact) mass is 169 g/mol. The molecule has 4 N–H and O–H groups in total. The summed E-state index contributed by atoms with van der Waals surface area (Å²) in [6, 6.07) is 1.43. The molecule has 1 aromatic heterocycles. The molecular formula is C7H11N3O2. The summed E-state index contributed by atoms with van der Waals surface area (Å²) < 4.78 is 0. The number of nitrogens with one attached hydrogen (secondary N) is 1. The fourth-order valence-electron chi connectivity index (χ4n) is 0.761. The van der Waals surface area contributed by atoms with Crippen molar-refractivity contribution in [2.45, 2.75) is 19.4 Å². The number of carboxylic acids is 1. The average Bonchev–Trinajstić information content (AvgIpc) is 2.30. The number of aromatic carboxylic acids is 1. The van der Waals surface area contributed by atoms with Gasteiger partial charge in [-0.2, -0.15) is 5.10 Å². The van der Waals surface area contributed by atoms with E-state index in [4.69, 9.17) is 10.8 Å². The van der Waals surface area contributed by atoms with Crippen molar-refractivity contribution in [3.63, 3.8) is 0 Å². The van der Waals surface area contributed by atoms with Crippen LogP contribution in [0.15, 0.2) is 6.07 Å². The van der Waals surface area contributed by atoms with Gasteiger partial charge in [0.15, 0.2) is 5.69 Å². The minimum atomic E-state index is -1.05. The zero-order valence-electron chi connectivity index (χ0n) is 6.96. The lowest BCUT2D eigenvalue weighted by Crippen LogP contribution is -2.29. The Labute approximate surface area is 69.6 Å². The Hall–Kier alpha value is -1.36. The van der Waals surface area contributed by atoms with Crippen molar-refractivity contribution in [2.24, 2.45) is 5.73 Å². The van der Waals surface area contributed by atoms with Crippen molar-refractivity contribution >= 4 is 5.97 Å². The second-order valence-corrected chi connectivity index (χ2v) is 3.19. The fourth-order valence-corrected chi connectivity index (χ4v) is 0.761. The third kappa shape index (κ3) is 1.62. The first kappa shape index (κ1) is 8.73. The van der Waals surface area contributed by atoms with Crippen molar-refractivity contribution in [2.75, 3.05) is 0 Å². The Balaban J connectivity index is 3.00. The van der Waals surface area contributed by atoms with Gasteiger partial charge in [0.25, 0.3) is 0 Å². The molecule has 0 saturated heterocycles. The largest absolute Gasteiger partial charge is 0.476 e. The van der Waals surface area contributed by atoms with E-state index in [1.165, 1.54) is 6.07 Å². The summed E-state index contributed by atoms with van der Waals surface area (Å²) in [6.45, 7) is 3.54. The Bertz CT molecular complexity index is 298. The predicted molar refractivity (Wildman–Crippen MR) is 42.8 cm³/mol. The normalized spacial score (nSPS) is 11.6. The Morgan fingerprint density at radius 2 is 2.33 bits per heavy atom. The van der Waals surface area contributed by atoms with Crippen LogP contribution in [0.1, 0.15) is 30.0 Å². The minimum absolute atomic E-state index is 0.0106. The van der Waals surface area contributed by atoms with E-state index in [-0.39, 0.29) is 5.69 Å². The summed E-state index contributed by atoms with van der Waals surface area (Å²) in [5, 5.41) is 14.7. The van der Waals surface area contributed by atoms with Crippen LogP contribution >= 0.6 is 0 Å². The highest BCUT2D eigenvalue weighted by atomic mass is 16.4. The zero-order valence-corrected chi connectivity index (χ0v) is 6.96. The molecule has 0 spiro atoms. The van der Waals surface area contributed by atoms with Crippen LogP contribution in [-0.4, -0.2) is 21.3 Å². The van der Waals surface area contributed by atoms with E-state index in [1.54, 1.807) is 13.8 Å². The van der Waals surface area contributed by atoms with Crippen LogP contribution in [0.3, 0.4) is 0 Å². The maximum Gasteiger partial charge on any atom is 0.356 e. The van der Waals surface area contributed by atoms with E-state index in [1.807, 2.05) is 0 Å². The zero-order chi connectivity index (χ0) is 9.35. The quantitative estimate of drug-likeness (QED) is 0.593. The molecule has 0 saturated carbocycles. The molecule has 0 amide bonds. The molecule has 0 aliphatic carbocycles. The molecule has 1 rings (SSSR count). The van der Waals surface area contributed by atoms with E-state index < -0.39 is 11.5 Å². The van der Waals surface area contributed by atoms with E-state index >= 15 is 0 Å². The van der Waals surface area contributed by atoms with Crippen molar-refractivity contribution in [3.05, 3.63) is 17.5 Å². The van der Waals surface area contributed by atoms with Gasteiger partial charge in [0, 0.05) is 0 Å². The van der Waals surface area contributed by atoms with Crippen LogP contribution in [-0.2, 0) is 5.54 Å². The van der Waals surface area contributed by atoms with E-state index in [9.17, 15) is 4.79 Å². The van der Waals surface area contributed by atoms with Crippen molar-refractivity contribution < 1.29 is 9.90 Å². The summed E-state index contributed by atoms with van der Waals surface area (Å²) in [5.41, 5.74) is 5.72. The Morgan fingerprint density at radius 3 is 2.58 bits per heavy atom. The van der Waals surface area contributed by atoms with Gasteiger partial charge in [0.2, 0.25) is 0 Å². The molecule has 0 bridgehead atoms. The van der Waals surface area contributed by atoms with Gasteiger partial charge in [0.05, 0.1) is 11.2 Å². The number of hydrogen-bond acceptors (Lipinski definition) is 3. The Kier molecular flexibility index (Phi) is 1.89. The number of H-pyrrole nitrogens is 1. The molecular weight excluding hydrogens is 158 g/mol. The highest BCUT2D eigenvalue weighted by Crippen LogP contribution is 2.14. The number of aromatic amines is 1. The number of hydrogen-bond donors (Lipinski definition) is 3. The smallest absolute Gasteiger partial charge is 0.356 e. The van der Waals surface area contributed by atoms with Crippen LogP contribution in [0.2, 0.25) is 0 Å². The molecule has 0 aliphatic rings. The summed E-state index contributed by atoms with van der Waals surface area (Å²) in [7, 11) is 0. The van der Waals surface area contributed by atoms with Gasteiger partial charge in [-0.15, -0.1) is 0 Å². The highest BCUT2D eigenvalue weighted by Gasteiger charge is 2.18. The molecule has 0 aromatic carbocycles. The third-order valence-electron chi connectivity index (χ3n) is 1.49. The molecule has 1 aromatic rings. The van der Waals surface area contributed by atoms with Gasteiger partial charge in [-0.1, -0.05) is 0 Å². The number of carboxylic acid groups (broad SMARTS) is 1. The SMILES string of the molecule is CC(C)(N)c1cc(C(=O)O)n[nH]1. The van der Waals surface area contributed by atoms with Crippen molar-refractivity contribution in [3.8, 4) is 0 Å². The molecule has 5 heteroatoms. The van der Waals surface area contributed by atoms with Gasteiger partial charge >= 0.3 is 5.97 Å². The third-order valence-corrected chi connectivity index (χ3v) is 1.49. The highest BCUT2D eigenvalue weighted by molar-refractivity contribution is 5.85. The van der Waals surface area contributed by atoms with E-state index in [0.29, 0.717) is 5.69 Å². The lowest BCUT2D eigenvalue weighted by Gasteiger charge is -2.14. The lowest BCUT2D eigenvalue weighted by atomic mass is 10.0.